The molecule has 0 bridgehead atoms. The van der Waals surface area contributed by atoms with Gasteiger partial charge in [0.1, 0.15) is 0 Å². The Labute approximate surface area is 143 Å². The third-order valence-corrected chi connectivity index (χ3v) is 5.34. The van der Waals surface area contributed by atoms with Crippen molar-refractivity contribution in [3.8, 4) is 0 Å². The number of amides is 2. The normalized spacial score (nSPS) is 24.7. The van der Waals surface area contributed by atoms with Gasteiger partial charge in [0.05, 0.1) is 24.2 Å². The highest BCUT2D eigenvalue weighted by atomic mass is 16.2. The van der Waals surface area contributed by atoms with Crippen LogP contribution in [0.25, 0.3) is 0 Å². The van der Waals surface area contributed by atoms with Crippen LogP contribution in [0.15, 0.2) is 6.07 Å². The molecular formula is C18H28N4O2. The van der Waals surface area contributed by atoms with Crippen molar-refractivity contribution < 1.29 is 9.59 Å². The zero-order chi connectivity index (χ0) is 17.3. The van der Waals surface area contributed by atoms with Crippen LogP contribution in [0.2, 0.25) is 0 Å². The number of aromatic nitrogens is 2. The molecule has 2 saturated heterocycles. The molecule has 2 aliphatic heterocycles. The van der Waals surface area contributed by atoms with Crippen molar-refractivity contribution in [1.29, 1.82) is 0 Å². The van der Waals surface area contributed by atoms with Crippen LogP contribution < -0.4 is 0 Å². The molecule has 0 N–H and O–H groups in total. The molecule has 0 aliphatic carbocycles. The van der Waals surface area contributed by atoms with Gasteiger partial charge in [0.2, 0.25) is 11.8 Å². The molecule has 2 atom stereocenters. The van der Waals surface area contributed by atoms with Gasteiger partial charge < -0.3 is 9.80 Å². The quantitative estimate of drug-likeness (QED) is 0.844. The Bertz CT molecular complexity index is 625. The smallest absolute Gasteiger partial charge is 0.228 e. The number of nitrogens with zero attached hydrogens (tertiary/aromatic N) is 4. The summed E-state index contributed by atoms with van der Waals surface area (Å²) < 4.78 is 2.02. The second kappa shape index (κ2) is 6.95. The van der Waals surface area contributed by atoms with Gasteiger partial charge in [-0.15, -0.1) is 0 Å². The van der Waals surface area contributed by atoms with Crippen LogP contribution >= 0.6 is 0 Å². The van der Waals surface area contributed by atoms with Gasteiger partial charge in [0.25, 0.3) is 0 Å². The highest BCUT2D eigenvalue weighted by molar-refractivity contribution is 5.89. The van der Waals surface area contributed by atoms with E-state index in [4.69, 9.17) is 0 Å². The largest absolute Gasteiger partial charge is 0.342 e. The van der Waals surface area contributed by atoms with Gasteiger partial charge >= 0.3 is 0 Å². The van der Waals surface area contributed by atoms with Gasteiger partial charge in [-0.1, -0.05) is 0 Å². The standard InChI is InChI=1S/C18H28N4O2/c1-4-20-11-15(10-17(20)23)18(24)21-8-6-5-7-16(21)12-22-14(3)9-13(2)19-22/h9,15-16H,4-8,10-12H2,1-3H3. The van der Waals surface area contributed by atoms with E-state index in [0.29, 0.717) is 19.5 Å². The van der Waals surface area contributed by atoms with Crippen LogP contribution in [0.4, 0.5) is 0 Å². The second-order valence-electron chi connectivity index (χ2n) is 7.12. The molecule has 1 aromatic heterocycles. The molecule has 6 nitrogen and oxygen atoms in total. The first kappa shape index (κ1) is 17.0. The Balaban J connectivity index is 1.71. The number of aryl methyl sites for hydroxylation is 2. The summed E-state index contributed by atoms with van der Waals surface area (Å²) in [5.41, 5.74) is 2.15. The van der Waals surface area contributed by atoms with Crippen molar-refractivity contribution in [3.63, 3.8) is 0 Å². The number of rotatable bonds is 4. The fourth-order valence-electron chi connectivity index (χ4n) is 4.02. The second-order valence-corrected chi connectivity index (χ2v) is 7.12. The predicted octanol–water partition coefficient (Wildman–Crippen LogP) is 1.75. The molecular weight excluding hydrogens is 304 g/mol. The van der Waals surface area contributed by atoms with Gasteiger partial charge in [-0.25, -0.2) is 0 Å². The molecule has 6 heteroatoms. The monoisotopic (exact) mass is 332 g/mol. The van der Waals surface area contributed by atoms with E-state index in [2.05, 4.69) is 18.1 Å². The molecule has 2 fully saturated rings. The number of likely N-dealkylation sites (tertiary alicyclic amines) is 2. The maximum absolute atomic E-state index is 13.0. The molecule has 2 amide bonds. The van der Waals surface area contributed by atoms with Crippen molar-refractivity contribution in [3.05, 3.63) is 17.5 Å². The van der Waals surface area contributed by atoms with E-state index in [0.717, 1.165) is 43.7 Å². The Morgan fingerprint density at radius 2 is 2.12 bits per heavy atom. The number of piperidine rings is 1. The molecule has 3 heterocycles. The first-order valence-corrected chi connectivity index (χ1v) is 9.09. The van der Waals surface area contributed by atoms with Crippen molar-refractivity contribution in [2.75, 3.05) is 19.6 Å². The van der Waals surface area contributed by atoms with Crippen molar-refractivity contribution >= 4 is 11.8 Å². The molecule has 1 aromatic rings. The minimum atomic E-state index is -0.168. The minimum Gasteiger partial charge on any atom is -0.342 e. The van der Waals surface area contributed by atoms with Crippen LogP contribution in [-0.2, 0) is 16.1 Å². The van der Waals surface area contributed by atoms with Crippen LogP contribution in [0.1, 0.15) is 44.0 Å². The Morgan fingerprint density at radius 3 is 2.75 bits per heavy atom. The number of carbonyl (C=O) groups is 2. The summed E-state index contributed by atoms with van der Waals surface area (Å²) in [4.78, 5) is 28.8. The lowest BCUT2D eigenvalue weighted by molar-refractivity contribution is -0.139. The van der Waals surface area contributed by atoms with E-state index in [9.17, 15) is 9.59 Å². The maximum Gasteiger partial charge on any atom is 0.228 e. The van der Waals surface area contributed by atoms with E-state index in [1.165, 1.54) is 0 Å². The highest BCUT2D eigenvalue weighted by Gasteiger charge is 2.38. The van der Waals surface area contributed by atoms with E-state index in [-0.39, 0.29) is 23.8 Å². The van der Waals surface area contributed by atoms with Crippen molar-refractivity contribution in [1.82, 2.24) is 19.6 Å². The van der Waals surface area contributed by atoms with Crippen molar-refractivity contribution in [2.45, 2.75) is 59.0 Å². The highest BCUT2D eigenvalue weighted by Crippen LogP contribution is 2.26. The summed E-state index contributed by atoms with van der Waals surface area (Å²) in [5.74, 6) is 0.104. The molecule has 0 radical (unpaired) electrons. The summed E-state index contributed by atoms with van der Waals surface area (Å²) in [6.07, 6.45) is 3.59. The van der Waals surface area contributed by atoms with Crippen molar-refractivity contribution in [2.24, 2.45) is 5.92 Å². The lowest BCUT2D eigenvalue weighted by Gasteiger charge is -2.37. The van der Waals surface area contributed by atoms with E-state index in [1.54, 1.807) is 4.90 Å². The van der Waals surface area contributed by atoms with Crippen LogP contribution in [0.3, 0.4) is 0 Å². The lowest BCUT2D eigenvalue weighted by atomic mass is 9.98. The van der Waals surface area contributed by atoms with E-state index >= 15 is 0 Å². The van der Waals surface area contributed by atoms with Crippen LogP contribution in [0, 0.1) is 19.8 Å². The first-order valence-electron chi connectivity index (χ1n) is 9.09. The number of carbonyl (C=O) groups excluding carboxylic acids is 2. The summed E-state index contributed by atoms with van der Waals surface area (Å²) in [7, 11) is 0. The third kappa shape index (κ3) is 3.32. The number of hydrogen-bond acceptors (Lipinski definition) is 3. The maximum atomic E-state index is 13.0. The lowest BCUT2D eigenvalue weighted by Crippen LogP contribution is -2.48. The summed E-state index contributed by atoms with van der Waals surface area (Å²) in [6.45, 7) is 8.86. The first-order chi connectivity index (χ1) is 11.5. The van der Waals surface area contributed by atoms with Gasteiger partial charge in [-0.2, -0.15) is 5.10 Å². The minimum absolute atomic E-state index is 0.114. The van der Waals surface area contributed by atoms with Gasteiger partial charge in [0, 0.05) is 31.7 Å². The predicted molar refractivity (Wildman–Crippen MR) is 91.4 cm³/mol. The molecule has 2 aliphatic rings. The summed E-state index contributed by atoms with van der Waals surface area (Å²) >= 11 is 0. The number of hydrogen-bond donors (Lipinski definition) is 0. The Morgan fingerprint density at radius 1 is 1.33 bits per heavy atom. The van der Waals surface area contributed by atoms with E-state index < -0.39 is 0 Å². The van der Waals surface area contributed by atoms with Gasteiger partial charge in [0.15, 0.2) is 0 Å². The Hall–Kier alpha value is -1.85. The molecule has 2 unspecified atom stereocenters. The molecule has 132 valence electrons. The Kier molecular flexibility index (Phi) is 4.92. The molecule has 0 saturated carbocycles. The molecule has 0 spiro atoms. The molecule has 0 aromatic carbocycles. The van der Waals surface area contributed by atoms with Crippen LogP contribution in [0.5, 0.6) is 0 Å². The third-order valence-electron chi connectivity index (χ3n) is 5.34. The fraction of sp³-hybridized carbons (Fsp3) is 0.722. The topological polar surface area (TPSA) is 58.4 Å². The SMILES string of the molecule is CCN1CC(C(=O)N2CCCCC2Cn2nc(C)cc2C)CC1=O. The average molecular weight is 332 g/mol. The zero-order valence-electron chi connectivity index (χ0n) is 15.0. The van der Waals surface area contributed by atoms with Crippen LogP contribution in [-0.4, -0.2) is 57.1 Å². The van der Waals surface area contributed by atoms with Gasteiger partial charge in [-0.05, 0) is 46.1 Å². The molecule has 24 heavy (non-hydrogen) atoms. The fourth-order valence-corrected chi connectivity index (χ4v) is 4.02. The van der Waals surface area contributed by atoms with E-state index in [1.807, 2.05) is 23.4 Å². The van der Waals surface area contributed by atoms with Gasteiger partial charge in [-0.3, -0.25) is 14.3 Å². The molecule has 3 rings (SSSR count). The average Bonchev–Trinajstić information content (AvgIpc) is 3.09. The summed E-state index contributed by atoms with van der Waals surface area (Å²) in [6, 6.07) is 2.26. The summed E-state index contributed by atoms with van der Waals surface area (Å²) in [5, 5.41) is 4.55. The zero-order valence-corrected chi connectivity index (χ0v) is 15.0.